The Labute approximate surface area is 302 Å². The second-order valence-electron chi connectivity index (χ2n) is 14.0. The third kappa shape index (κ3) is 4.31. The van der Waals surface area contributed by atoms with Gasteiger partial charge in [-0.15, -0.1) is 0 Å². The first-order valence-corrected chi connectivity index (χ1v) is 18.1. The van der Waals surface area contributed by atoms with E-state index in [4.69, 9.17) is 4.42 Å². The van der Waals surface area contributed by atoms with Crippen LogP contribution in [0, 0.1) is 0 Å². The standard InChI is InChI=1S/C50H33NO/c1-2-13-32(14-3-1)48-39-17-4-6-19-41(39)49(42-20-7-5-18-40(42)48)33-25-28-35(29-26-33)51-45-23-10-8-15-37(45)44-31-34(27-30-46(44)51)36-21-12-22-43-38-16-9-11-24-47(38)52-50(36)43/h1-14,16-31,37H,15H2. The minimum atomic E-state index is 0.299. The van der Waals surface area contributed by atoms with Gasteiger partial charge in [-0.25, -0.2) is 0 Å². The molecule has 0 fully saturated rings. The Balaban J connectivity index is 1.03. The van der Waals surface area contributed by atoms with Crippen LogP contribution in [-0.4, -0.2) is 0 Å². The van der Waals surface area contributed by atoms with Crippen LogP contribution < -0.4 is 4.90 Å². The summed E-state index contributed by atoms with van der Waals surface area (Å²) < 4.78 is 6.45. The van der Waals surface area contributed by atoms with Gasteiger partial charge in [0.25, 0.3) is 0 Å². The molecule has 2 aliphatic rings. The predicted octanol–water partition coefficient (Wildman–Crippen LogP) is 14.0. The van der Waals surface area contributed by atoms with Crippen molar-refractivity contribution in [1.29, 1.82) is 0 Å². The van der Waals surface area contributed by atoms with Crippen LogP contribution in [0.25, 0.3) is 76.9 Å². The van der Waals surface area contributed by atoms with Crippen LogP contribution in [-0.2, 0) is 0 Å². The van der Waals surface area contributed by atoms with E-state index >= 15 is 0 Å². The Morgan fingerprint density at radius 2 is 1.10 bits per heavy atom. The van der Waals surface area contributed by atoms with Gasteiger partial charge in [-0.05, 0) is 97.8 Å². The van der Waals surface area contributed by atoms with Crippen molar-refractivity contribution in [2.45, 2.75) is 12.3 Å². The number of anilines is 2. The zero-order valence-corrected chi connectivity index (χ0v) is 28.5. The van der Waals surface area contributed by atoms with Gasteiger partial charge in [0.1, 0.15) is 11.2 Å². The summed E-state index contributed by atoms with van der Waals surface area (Å²) in [6, 6.07) is 59.6. The highest BCUT2D eigenvalue weighted by molar-refractivity contribution is 6.21. The number of allylic oxidation sites excluding steroid dienone is 4. The maximum Gasteiger partial charge on any atom is 0.143 e. The van der Waals surface area contributed by atoms with E-state index in [0.717, 1.165) is 33.9 Å². The monoisotopic (exact) mass is 663 g/mol. The molecule has 0 saturated heterocycles. The van der Waals surface area contributed by atoms with Gasteiger partial charge < -0.3 is 9.32 Å². The lowest BCUT2D eigenvalue weighted by Gasteiger charge is -2.25. The van der Waals surface area contributed by atoms with Crippen LogP contribution in [0.15, 0.2) is 192 Å². The molecule has 9 aromatic rings. The van der Waals surface area contributed by atoms with Crippen molar-refractivity contribution < 1.29 is 4.42 Å². The number of furan rings is 1. The van der Waals surface area contributed by atoms with Crippen molar-refractivity contribution in [1.82, 2.24) is 0 Å². The van der Waals surface area contributed by atoms with Gasteiger partial charge in [-0.1, -0.05) is 146 Å². The van der Waals surface area contributed by atoms with E-state index in [1.165, 1.54) is 72.0 Å². The van der Waals surface area contributed by atoms with Crippen LogP contribution in [0.4, 0.5) is 11.4 Å². The van der Waals surface area contributed by atoms with E-state index in [9.17, 15) is 0 Å². The van der Waals surface area contributed by atoms with Crippen LogP contribution in [0.2, 0.25) is 0 Å². The molecule has 1 unspecified atom stereocenters. The van der Waals surface area contributed by atoms with Crippen LogP contribution in [0.3, 0.4) is 0 Å². The highest BCUT2D eigenvalue weighted by atomic mass is 16.3. The van der Waals surface area contributed by atoms with Gasteiger partial charge in [-0.2, -0.15) is 0 Å². The molecule has 0 amide bonds. The summed E-state index contributed by atoms with van der Waals surface area (Å²) in [5.41, 5.74) is 14.3. The third-order valence-corrected chi connectivity index (χ3v) is 11.2. The lowest BCUT2D eigenvalue weighted by Crippen LogP contribution is -2.14. The number of rotatable bonds is 4. The van der Waals surface area contributed by atoms with Crippen molar-refractivity contribution in [2.75, 3.05) is 4.90 Å². The van der Waals surface area contributed by atoms with Crippen molar-refractivity contribution in [3.63, 3.8) is 0 Å². The van der Waals surface area contributed by atoms with E-state index in [2.05, 4.69) is 181 Å². The molecule has 1 aliphatic carbocycles. The Morgan fingerprint density at radius 3 is 1.81 bits per heavy atom. The fourth-order valence-electron chi connectivity index (χ4n) is 8.87. The number of para-hydroxylation sites is 2. The van der Waals surface area contributed by atoms with E-state index in [1.54, 1.807) is 0 Å². The molecule has 2 heteroatoms. The molecule has 52 heavy (non-hydrogen) atoms. The molecule has 0 radical (unpaired) electrons. The van der Waals surface area contributed by atoms with Gasteiger partial charge in [0.05, 0.1) is 0 Å². The molecule has 1 atom stereocenters. The van der Waals surface area contributed by atoms with Gasteiger partial charge in [-0.3, -0.25) is 0 Å². The predicted molar refractivity (Wildman–Crippen MR) is 218 cm³/mol. The smallest absolute Gasteiger partial charge is 0.143 e. The third-order valence-electron chi connectivity index (χ3n) is 11.2. The molecule has 244 valence electrons. The molecule has 11 rings (SSSR count). The molecule has 0 saturated carbocycles. The number of hydrogen-bond acceptors (Lipinski definition) is 2. The van der Waals surface area contributed by atoms with Gasteiger partial charge in [0, 0.05) is 39.3 Å². The molecule has 0 spiro atoms. The number of benzene rings is 8. The summed E-state index contributed by atoms with van der Waals surface area (Å²) in [7, 11) is 0. The van der Waals surface area contributed by atoms with Crippen molar-refractivity contribution in [3.05, 3.63) is 193 Å². The van der Waals surface area contributed by atoms with Crippen LogP contribution in [0.5, 0.6) is 0 Å². The summed E-state index contributed by atoms with van der Waals surface area (Å²) in [5.74, 6) is 0.299. The SMILES string of the molecule is C1=CCC2C(=C1)N(c1ccc(-c3c4ccccc4c(-c4ccccc4)c4ccccc34)cc1)c1ccc(-c3cccc4c3oc3ccccc34)cc12. The molecule has 8 aromatic carbocycles. The topological polar surface area (TPSA) is 16.4 Å². The van der Waals surface area contributed by atoms with Crippen LogP contribution >= 0.6 is 0 Å². The average Bonchev–Trinajstić information content (AvgIpc) is 3.76. The second kappa shape index (κ2) is 11.4. The summed E-state index contributed by atoms with van der Waals surface area (Å²) in [4.78, 5) is 2.47. The molecular formula is C50H33NO. The maximum absolute atomic E-state index is 6.45. The summed E-state index contributed by atoms with van der Waals surface area (Å²) in [6.45, 7) is 0. The molecule has 1 aromatic heterocycles. The zero-order chi connectivity index (χ0) is 34.2. The second-order valence-corrected chi connectivity index (χ2v) is 14.0. The van der Waals surface area contributed by atoms with Crippen molar-refractivity contribution in [3.8, 4) is 33.4 Å². The van der Waals surface area contributed by atoms with Crippen molar-refractivity contribution in [2.24, 2.45) is 0 Å². The Hall–Kier alpha value is -6.64. The lowest BCUT2D eigenvalue weighted by atomic mass is 9.86. The number of hydrogen-bond donors (Lipinski definition) is 0. The van der Waals surface area contributed by atoms with Gasteiger partial charge >= 0.3 is 0 Å². The normalized spacial score (nSPS) is 15.0. The number of nitrogens with zero attached hydrogens (tertiary/aromatic N) is 1. The molecule has 0 bridgehead atoms. The average molecular weight is 664 g/mol. The molecular weight excluding hydrogens is 631 g/mol. The van der Waals surface area contributed by atoms with E-state index in [1.807, 2.05) is 6.07 Å². The number of fused-ring (bicyclic) bond motifs is 8. The first kappa shape index (κ1) is 29.1. The van der Waals surface area contributed by atoms with E-state index in [0.29, 0.717) is 5.92 Å². The molecule has 0 N–H and O–H groups in total. The highest BCUT2D eigenvalue weighted by Gasteiger charge is 2.35. The Kier molecular flexibility index (Phi) is 6.41. The minimum Gasteiger partial charge on any atom is -0.455 e. The van der Waals surface area contributed by atoms with Crippen molar-refractivity contribution >= 4 is 54.9 Å². The first-order valence-electron chi connectivity index (χ1n) is 18.1. The van der Waals surface area contributed by atoms with E-state index < -0.39 is 0 Å². The first-order chi connectivity index (χ1) is 25.8. The fourth-order valence-corrected chi connectivity index (χ4v) is 8.87. The zero-order valence-electron chi connectivity index (χ0n) is 28.5. The summed E-state index contributed by atoms with van der Waals surface area (Å²) in [6.07, 6.45) is 7.79. The maximum atomic E-state index is 6.45. The quantitative estimate of drug-likeness (QED) is 0.174. The molecule has 2 nitrogen and oxygen atoms in total. The largest absolute Gasteiger partial charge is 0.455 e. The highest BCUT2D eigenvalue weighted by Crippen LogP contribution is 2.52. The fraction of sp³-hybridized carbons (Fsp3) is 0.0400. The summed E-state index contributed by atoms with van der Waals surface area (Å²) >= 11 is 0. The Morgan fingerprint density at radius 1 is 0.500 bits per heavy atom. The lowest BCUT2D eigenvalue weighted by molar-refractivity contribution is 0.670. The molecule has 1 aliphatic heterocycles. The van der Waals surface area contributed by atoms with Gasteiger partial charge in [0.15, 0.2) is 0 Å². The van der Waals surface area contributed by atoms with E-state index in [-0.39, 0.29) is 0 Å². The molecule has 2 heterocycles. The van der Waals surface area contributed by atoms with Gasteiger partial charge in [0.2, 0.25) is 0 Å². The summed E-state index contributed by atoms with van der Waals surface area (Å²) in [5, 5.41) is 7.41. The van der Waals surface area contributed by atoms with Crippen LogP contribution in [0.1, 0.15) is 17.9 Å². The minimum absolute atomic E-state index is 0.299. The Bertz CT molecular complexity index is 2870.